The average molecular weight is 387 g/mol. The Morgan fingerprint density at radius 2 is 1.78 bits per heavy atom. The first-order chi connectivity index (χ1) is 11.0. The summed E-state index contributed by atoms with van der Waals surface area (Å²) in [5.41, 5.74) is 1.15. The second-order valence-electron chi connectivity index (χ2n) is 4.60. The molecule has 0 N–H and O–H groups in total. The molecule has 0 saturated heterocycles. The molecule has 0 aliphatic carbocycles. The zero-order chi connectivity index (χ0) is 16.6. The molecule has 2 aromatic carbocycles. The van der Waals surface area contributed by atoms with Crippen molar-refractivity contribution in [3.63, 3.8) is 0 Å². The van der Waals surface area contributed by atoms with Crippen molar-refractivity contribution in [1.82, 2.24) is 0 Å². The summed E-state index contributed by atoms with van der Waals surface area (Å²) in [5, 5.41) is 1.54. The van der Waals surface area contributed by atoms with Gasteiger partial charge in [-0.05, 0) is 35.9 Å². The van der Waals surface area contributed by atoms with Gasteiger partial charge in [-0.2, -0.15) is 0 Å². The molecule has 116 valence electrons. The summed E-state index contributed by atoms with van der Waals surface area (Å²) in [5.74, 6) is -0.483. The normalized spacial score (nSPS) is 15.7. The number of halogens is 4. The molecule has 0 unspecified atom stereocenters. The average Bonchev–Trinajstić information content (AvgIpc) is 2.85. The van der Waals surface area contributed by atoms with Crippen LogP contribution in [0.3, 0.4) is 0 Å². The quantitative estimate of drug-likeness (QED) is 0.494. The van der Waals surface area contributed by atoms with E-state index in [4.69, 9.17) is 51.1 Å². The molecule has 7 heteroatoms. The monoisotopic (exact) mass is 385 g/mol. The van der Waals surface area contributed by atoms with E-state index in [0.717, 1.165) is 0 Å². The number of carbonyl (C=O) groups excluding carboxylic acids is 1. The Morgan fingerprint density at radius 1 is 1.00 bits per heavy atom. The van der Waals surface area contributed by atoms with Crippen molar-refractivity contribution in [1.29, 1.82) is 0 Å². The molecule has 3 rings (SSSR count). The van der Waals surface area contributed by atoms with Crippen LogP contribution in [0.1, 0.15) is 11.1 Å². The van der Waals surface area contributed by atoms with Crippen LogP contribution in [0.15, 0.2) is 47.1 Å². The standard InChI is InChI=1S/C16H7Cl4NO2/c17-9-4-5-10(12(19)7-9)15-21-13(16(22)23-15)6-8-2-1-3-11(18)14(8)20/h1-7H/b13-6-. The van der Waals surface area contributed by atoms with Gasteiger partial charge in [-0.25, -0.2) is 9.79 Å². The number of ether oxygens (including phenoxy) is 1. The molecule has 0 bridgehead atoms. The lowest BCUT2D eigenvalue weighted by atomic mass is 10.2. The van der Waals surface area contributed by atoms with Gasteiger partial charge in [0, 0.05) is 5.02 Å². The minimum Gasteiger partial charge on any atom is -0.402 e. The highest BCUT2D eigenvalue weighted by molar-refractivity contribution is 6.43. The fraction of sp³-hybridized carbons (Fsp3) is 0. The predicted octanol–water partition coefficient (Wildman–Crippen LogP) is 5.64. The Morgan fingerprint density at radius 3 is 2.52 bits per heavy atom. The number of rotatable bonds is 2. The van der Waals surface area contributed by atoms with E-state index in [9.17, 15) is 4.79 Å². The molecule has 0 atom stereocenters. The Balaban J connectivity index is 2.01. The van der Waals surface area contributed by atoms with E-state index in [1.807, 2.05) is 0 Å². The van der Waals surface area contributed by atoms with E-state index >= 15 is 0 Å². The van der Waals surface area contributed by atoms with Crippen molar-refractivity contribution < 1.29 is 9.53 Å². The van der Waals surface area contributed by atoms with Crippen LogP contribution >= 0.6 is 46.4 Å². The van der Waals surface area contributed by atoms with E-state index in [0.29, 0.717) is 31.2 Å². The fourth-order valence-corrected chi connectivity index (χ4v) is 2.82. The minimum atomic E-state index is -0.595. The van der Waals surface area contributed by atoms with E-state index in [1.54, 1.807) is 36.4 Å². The van der Waals surface area contributed by atoms with Crippen LogP contribution in [-0.2, 0) is 9.53 Å². The number of benzene rings is 2. The van der Waals surface area contributed by atoms with Gasteiger partial charge in [0.2, 0.25) is 5.90 Å². The molecular formula is C16H7Cl4NO2. The minimum absolute atomic E-state index is 0.107. The van der Waals surface area contributed by atoms with Crippen LogP contribution in [0.2, 0.25) is 20.1 Å². The van der Waals surface area contributed by atoms with Gasteiger partial charge < -0.3 is 4.74 Å². The number of cyclic esters (lactones) is 1. The second-order valence-corrected chi connectivity index (χ2v) is 6.23. The maximum atomic E-state index is 12.0. The highest BCUT2D eigenvalue weighted by atomic mass is 35.5. The molecule has 2 aromatic rings. The molecule has 0 amide bonds. The molecular weight excluding hydrogens is 380 g/mol. The van der Waals surface area contributed by atoms with Crippen molar-refractivity contribution in [2.45, 2.75) is 0 Å². The lowest BCUT2D eigenvalue weighted by molar-refractivity contribution is -0.129. The molecule has 1 aliphatic heterocycles. The maximum absolute atomic E-state index is 12.0. The molecule has 1 heterocycles. The molecule has 0 saturated carbocycles. The SMILES string of the molecule is O=C1OC(c2ccc(Cl)cc2Cl)=N/C1=C\c1cccc(Cl)c1Cl. The molecule has 0 aromatic heterocycles. The number of hydrogen-bond donors (Lipinski definition) is 0. The van der Waals surface area contributed by atoms with Gasteiger partial charge in [0.15, 0.2) is 5.70 Å². The smallest absolute Gasteiger partial charge is 0.363 e. The molecule has 1 aliphatic rings. The number of carbonyl (C=O) groups is 1. The summed E-state index contributed by atoms with van der Waals surface area (Å²) in [7, 11) is 0. The van der Waals surface area contributed by atoms with Gasteiger partial charge >= 0.3 is 5.97 Å². The molecule has 3 nitrogen and oxygen atoms in total. The summed E-state index contributed by atoms with van der Waals surface area (Å²) >= 11 is 24.0. The topological polar surface area (TPSA) is 38.7 Å². The van der Waals surface area contributed by atoms with Crippen LogP contribution in [-0.4, -0.2) is 11.9 Å². The molecule has 0 spiro atoms. The predicted molar refractivity (Wildman–Crippen MR) is 93.5 cm³/mol. The first-order valence-electron chi connectivity index (χ1n) is 6.37. The largest absolute Gasteiger partial charge is 0.402 e. The zero-order valence-corrected chi connectivity index (χ0v) is 14.3. The Labute approximate surface area is 152 Å². The van der Waals surface area contributed by atoms with Gasteiger partial charge in [-0.1, -0.05) is 58.5 Å². The highest BCUT2D eigenvalue weighted by Gasteiger charge is 2.26. The lowest BCUT2D eigenvalue weighted by Crippen LogP contribution is -2.05. The van der Waals surface area contributed by atoms with Gasteiger partial charge in [0.05, 0.1) is 20.6 Å². The molecule has 0 fully saturated rings. The third-order valence-corrected chi connectivity index (χ3v) is 4.44. The van der Waals surface area contributed by atoms with Crippen molar-refractivity contribution in [2.24, 2.45) is 4.99 Å². The van der Waals surface area contributed by atoms with E-state index in [-0.39, 0.29) is 11.6 Å². The summed E-state index contributed by atoms with van der Waals surface area (Å²) < 4.78 is 5.16. The molecule has 0 radical (unpaired) electrons. The van der Waals surface area contributed by atoms with Crippen molar-refractivity contribution in [2.75, 3.05) is 0 Å². The summed E-state index contributed by atoms with van der Waals surface area (Å²) in [4.78, 5) is 16.2. The van der Waals surface area contributed by atoms with Gasteiger partial charge in [0.25, 0.3) is 0 Å². The second kappa shape index (κ2) is 6.54. The Hall–Kier alpha value is -1.52. The van der Waals surface area contributed by atoms with Crippen LogP contribution in [0, 0.1) is 0 Å². The van der Waals surface area contributed by atoms with Crippen LogP contribution in [0.5, 0.6) is 0 Å². The third kappa shape index (κ3) is 3.38. The fourth-order valence-electron chi connectivity index (χ4n) is 1.97. The number of aliphatic imine (C=N–C) groups is 1. The van der Waals surface area contributed by atoms with E-state index < -0.39 is 5.97 Å². The number of esters is 1. The maximum Gasteiger partial charge on any atom is 0.363 e. The highest BCUT2D eigenvalue weighted by Crippen LogP contribution is 2.30. The first-order valence-corrected chi connectivity index (χ1v) is 7.89. The van der Waals surface area contributed by atoms with Crippen LogP contribution < -0.4 is 0 Å². The van der Waals surface area contributed by atoms with Crippen LogP contribution in [0.4, 0.5) is 0 Å². The van der Waals surface area contributed by atoms with Gasteiger partial charge in [-0.3, -0.25) is 0 Å². The summed E-state index contributed by atoms with van der Waals surface area (Å²) in [6.07, 6.45) is 1.51. The lowest BCUT2D eigenvalue weighted by Gasteiger charge is -2.02. The number of nitrogens with zero attached hydrogens (tertiary/aromatic N) is 1. The van der Waals surface area contributed by atoms with Crippen molar-refractivity contribution >= 4 is 64.3 Å². The third-order valence-electron chi connectivity index (χ3n) is 3.06. The van der Waals surface area contributed by atoms with Crippen molar-refractivity contribution in [3.05, 3.63) is 73.3 Å². The Kier molecular flexibility index (Phi) is 4.64. The van der Waals surface area contributed by atoms with Crippen LogP contribution in [0.25, 0.3) is 6.08 Å². The Bertz CT molecular complexity index is 874. The summed E-state index contributed by atoms with van der Waals surface area (Å²) in [6.45, 7) is 0. The van der Waals surface area contributed by atoms with E-state index in [1.165, 1.54) is 6.08 Å². The molecule has 23 heavy (non-hydrogen) atoms. The van der Waals surface area contributed by atoms with E-state index in [2.05, 4.69) is 4.99 Å². The number of hydrogen-bond acceptors (Lipinski definition) is 3. The first kappa shape index (κ1) is 16.3. The summed E-state index contributed by atoms with van der Waals surface area (Å²) in [6, 6.07) is 9.91. The zero-order valence-electron chi connectivity index (χ0n) is 11.3. The van der Waals surface area contributed by atoms with Gasteiger partial charge in [0.1, 0.15) is 0 Å². The van der Waals surface area contributed by atoms with Crippen molar-refractivity contribution in [3.8, 4) is 0 Å². The van der Waals surface area contributed by atoms with Gasteiger partial charge in [-0.15, -0.1) is 0 Å².